The van der Waals surface area contributed by atoms with E-state index in [1.165, 1.54) is 250 Å². The van der Waals surface area contributed by atoms with E-state index >= 15 is 0 Å². The van der Waals surface area contributed by atoms with Gasteiger partial charge in [-0.3, -0.25) is 18.6 Å². The smallest absolute Gasteiger partial charge is 0.462 e. The highest BCUT2D eigenvalue weighted by molar-refractivity contribution is 7.47. The molecule has 0 aromatic rings. The van der Waals surface area contributed by atoms with Crippen LogP contribution in [0.3, 0.4) is 0 Å². The van der Waals surface area contributed by atoms with Crippen molar-refractivity contribution < 1.29 is 42.1 Å². The van der Waals surface area contributed by atoms with Crippen LogP contribution in [0.15, 0.2) is 0 Å². The number of likely N-dealkylation sites (N-methyl/N-ethyl adjacent to an activating group) is 1. The zero-order valence-electron chi connectivity index (χ0n) is 46.8. The number of phosphoric ester groups is 1. The molecule has 0 heterocycles. The number of rotatable bonds is 57. The third-order valence-electron chi connectivity index (χ3n) is 13.9. The third kappa shape index (κ3) is 56.2. The fourth-order valence-corrected chi connectivity index (χ4v) is 9.94. The molecule has 0 aliphatic carbocycles. The molecule has 0 aliphatic rings. The first-order valence-electron chi connectivity index (χ1n) is 30.3. The van der Waals surface area contributed by atoms with Gasteiger partial charge in [0, 0.05) is 12.8 Å². The minimum Gasteiger partial charge on any atom is -0.462 e. The first-order valence-corrected chi connectivity index (χ1v) is 31.8. The molecular weight excluding hydrogens is 882 g/mol. The van der Waals surface area contributed by atoms with Crippen molar-refractivity contribution in [3.8, 4) is 0 Å². The van der Waals surface area contributed by atoms with Crippen molar-refractivity contribution in [3.05, 3.63) is 0 Å². The number of unbranched alkanes of at least 4 members (excludes halogenated alkanes) is 43. The molecule has 0 spiro atoms. The zero-order valence-corrected chi connectivity index (χ0v) is 47.7. The Bertz CT molecular complexity index is 1130. The molecule has 0 saturated carbocycles. The lowest BCUT2D eigenvalue weighted by molar-refractivity contribution is -0.870. The van der Waals surface area contributed by atoms with Crippen molar-refractivity contribution in [2.24, 2.45) is 0 Å². The summed E-state index contributed by atoms with van der Waals surface area (Å²) in [6.45, 7) is 4.43. The van der Waals surface area contributed by atoms with E-state index in [0.717, 1.165) is 38.5 Å². The SMILES string of the molecule is CCCCCCCCCCCCCCCCCCCCCCCCCCCCCCCCCCCCCCCCC(=O)OC(COC(=O)CCCCCCCCC)COP(=O)(O)OCC[N+](C)(C)C. The van der Waals surface area contributed by atoms with E-state index in [0.29, 0.717) is 17.4 Å². The molecule has 0 aromatic carbocycles. The number of hydrogen-bond donors (Lipinski definition) is 1. The Hall–Kier alpha value is -0.990. The average molecular weight is 1000 g/mol. The number of quaternary nitrogens is 1. The van der Waals surface area contributed by atoms with Crippen molar-refractivity contribution in [2.45, 2.75) is 322 Å². The van der Waals surface area contributed by atoms with Crippen LogP contribution in [0.1, 0.15) is 316 Å². The Balaban J connectivity index is 3.73. The summed E-state index contributed by atoms with van der Waals surface area (Å²) in [6, 6.07) is 0. The molecule has 10 heteroatoms. The lowest BCUT2D eigenvalue weighted by atomic mass is 10.0. The normalized spacial score (nSPS) is 13.2. The van der Waals surface area contributed by atoms with Crippen molar-refractivity contribution in [3.63, 3.8) is 0 Å². The number of phosphoric acid groups is 1. The molecule has 0 saturated heterocycles. The molecule has 1 N–H and O–H groups in total. The van der Waals surface area contributed by atoms with E-state index in [1.54, 1.807) is 0 Å². The van der Waals surface area contributed by atoms with Crippen LogP contribution in [0.25, 0.3) is 0 Å². The maximum Gasteiger partial charge on any atom is 0.472 e. The van der Waals surface area contributed by atoms with E-state index in [1.807, 2.05) is 21.1 Å². The van der Waals surface area contributed by atoms with Gasteiger partial charge in [-0.1, -0.05) is 290 Å². The summed E-state index contributed by atoms with van der Waals surface area (Å²) >= 11 is 0. The highest BCUT2D eigenvalue weighted by Crippen LogP contribution is 2.43. The molecule has 412 valence electrons. The molecular formula is C59H119NO8P+. The number of esters is 2. The summed E-state index contributed by atoms with van der Waals surface area (Å²) in [4.78, 5) is 35.3. The van der Waals surface area contributed by atoms with E-state index in [4.69, 9.17) is 18.5 Å². The maximum atomic E-state index is 12.7. The Morgan fingerprint density at radius 3 is 0.928 bits per heavy atom. The molecule has 2 unspecified atom stereocenters. The molecule has 0 rings (SSSR count). The average Bonchev–Trinajstić information content (AvgIpc) is 3.31. The number of nitrogens with zero attached hydrogens (tertiary/aromatic N) is 1. The minimum atomic E-state index is -4.37. The van der Waals surface area contributed by atoms with Crippen LogP contribution in [0, 0.1) is 0 Å². The molecule has 69 heavy (non-hydrogen) atoms. The Morgan fingerprint density at radius 1 is 0.391 bits per heavy atom. The first-order chi connectivity index (χ1) is 33.5. The van der Waals surface area contributed by atoms with E-state index in [2.05, 4.69) is 13.8 Å². The summed E-state index contributed by atoms with van der Waals surface area (Å²) < 4.78 is 34.3. The van der Waals surface area contributed by atoms with Gasteiger partial charge in [0.25, 0.3) is 0 Å². The van der Waals surface area contributed by atoms with Gasteiger partial charge in [-0.25, -0.2) is 4.57 Å². The maximum absolute atomic E-state index is 12.7. The Kier molecular flexibility index (Phi) is 51.1. The number of carbonyl (C=O) groups is 2. The fraction of sp³-hybridized carbons (Fsp3) is 0.966. The molecule has 0 aromatic heterocycles. The summed E-state index contributed by atoms with van der Waals surface area (Å²) in [5.41, 5.74) is 0. The predicted molar refractivity (Wildman–Crippen MR) is 294 cm³/mol. The number of ether oxygens (including phenoxy) is 2. The Morgan fingerprint density at radius 2 is 0.652 bits per heavy atom. The lowest BCUT2D eigenvalue weighted by Crippen LogP contribution is -2.37. The largest absolute Gasteiger partial charge is 0.472 e. The Labute approximate surface area is 429 Å². The standard InChI is InChI=1S/C59H118NO8P/c1-6-8-10-12-14-15-16-17-18-19-20-21-22-23-24-25-26-27-28-29-30-31-32-33-34-35-36-37-38-39-40-41-42-43-44-46-48-50-52-59(62)68-57(56-67-69(63,64)66-54-53-60(3,4)5)55-65-58(61)51-49-47-45-13-11-9-7-2/h57H,6-56H2,1-5H3/p+1. The van der Waals surface area contributed by atoms with E-state index < -0.39 is 26.5 Å². The van der Waals surface area contributed by atoms with Gasteiger partial charge in [0.05, 0.1) is 27.7 Å². The molecule has 2 atom stereocenters. The molecule has 0 bridgehead atoms. The summed E-state index contributed by atoms with van der Waals surface area (Å²) in [5.74, 6) is -0.787. The molecule has 0 aliphatic heterocycles. The molecule has 0 amide bonds. The van der Waals surface area contributed by atoms with Crippen molar-refractivity contribution in [2.75, 3.05) is 47.5 Å². The predicted octanol–water partition coefficient (Wildman–Crippen LogP) is 18.7. The summed E-state index contributed by atoms with van der Waals surface area (Å²) in [7, 11) is 1.50. The van der Waals surface area contributed by atoms with Gasteiger partial charge in [-0.15, -0.1) is 0 Å². The van der Waals surface area contributed by atoms with Gasteiger partial charge in [0.15, 0.2) is 6.10 Å². The summed E-state index contributed by atoms with van der Waals surface area (Å²) in [6.07, 6.45) is 59.7. The molecule has 0 radical (unpaired) electrons. The van der Waals surface area contributed by atoms with Crippen LogP contribution in [-0.4, -0.2) is 74.9 Å². The van der Waals surface area contributed by atoms with Crippen LogP contribution in [0.4, 0.5) is 0 Å². The van der Waals surface area contributed by atoms with Crippen LogP contribution in [0.2, 0.25) is 0 Å². The molecule has 9 nitrogen and oxygen atoms in total. The van der Waals surface area contributed by atoms with Crippen molar-refractivity contribution >= 4 is 19.8 Å². The highest BCUT2D eigenvalue weighted by Gasteiger charge is 2.27. The van der Waals surface area contributed by atoms with Gasteiger partial charge in [-0.05, 0) is 12.8 Å². The minimum absolute atomic E-state index is 0.0367. The lowest BCUT2D eigenvalue weighted by Gasteiger charge is -2.24. The monoisotopic (exact) mass is 1000 g/mol. The van der Waals surface area contributed by atoms with Crippen LogP contribution < -0.4 is 0 Å². The van der Waals surface area contributed by atoms with Gasteiger partial charge in [-0.2, -0.15) is 0 Å². The second-order valence-corrected chi connectivity index (χ2v) is 23.6. The van der Waals surface area contributed by atoms with Crippen LogP contribution >= 0.6 is 7.82 Å². The van der Waals surface area contributed by atoms with Gasteiger partial charge in [0.2, 0.25) is 0 Å². The van der Waals surface area contributed by atoms with Crippen molar-refractivity contribution in [1.82, 2.24) is 0 Å². The van der Waals surface area contributed by atoms with Gasteiger partial charge < -0.3 is 18.9 Å². The quantitative estimate of drug-likeness (QED) is 0.0278. The zero-order chi connectivity index (χ0) is 50.6. The van der Waals surface area contributed by atoms with Gasteiger partial charge >= 0.3 is 19.8 Å². The summed E-state index contributed by atoms with van der Waals surface area (Å²) in [5, 5.41) is 0. The topological polar surface area (TPSA) is 108 Å². The second kappa shape index (κ2) is 51.9. The molecule has 0 fully saturated rings. The third-order valence-corrected chi connectivity index (χ3v) is 14.9. The first kappa shape index (κ1) is 68.0. The number of hydrogen-bond acceptors (Lipinski definition) is 7. The second-order valence-electron chi connectivity index (χ2n) is 22.1. The van der Waals surface area contributed by atoms with Gasteiger partial charge in [0.1, 0.15) is 19.8 Å². The van der Waals surface area contributed by atoms with Crippen LogP contribution in [-0.2, 0) is 32.7 Å². The van der Waals surface area contributed by atoms with E-state index in [-0.39, 0.29) is 25.6 Å². The van der Waals surface area contributed by atoms with Crippen molar-refractivity contribution in [1.29, 1.82) is 0 Å². The van der Waals surface area contributed by atoms with Crippen LogP contribution in [0.5, 0.6) is 0 Å². The fourth-order valence-electron chi connectivity index (χ4n) is 9.20. The number of carbonyl (C=O) groups excluding carboxylic acids is 2. The highest BCUT2D eigenvalue weighted by atomic mass is 31.2. The van der Waals surface area contributed by atoms with E-state index in [9.17, 15) is 19.0 Å².